The van der Waals surface area contributed by atoms with Gasteiger partial charge in [0.1, 0.15) is 18.1 Å². The molecule has 116 valence electrons. The van der Waals surface area contributed by atoms with Crippen LogP contribution >= 0.6 is 11.6 Å². The predicted octanol–water partition coefficient (Wildman–Crippen LogP) is 3.45. The summed E-state index contributed by atoms with van der Waals surface area (Å²) < 4.78 is 10.9. The number of carbonyl (C=O) groups is 1. The summed E-state index contributed by atoms with van der Waals surface area (Å²) in [7, 11) is 0. The first-order valence-electron chi connectivity index (χ1n) is 7.28. The number of halogens is 1. The predicted molar refractivity (Wildman–Crippen MR) is 82.2 cm³/mol. The zero-order valence-electron chi connectivity index (χ0n) is 12.3. The van der Waals surface area contributed by atoms with Gasteiger partial charge in [0.2, 0.25) is 0 Å². The summed E-state index contributed by atoms with van der Waals surface area (Å²) in [4.78, 5) is 14.3. The van der Waals surface area contributed by atoms with Gasteiger partial charge in [-0.05, 0) is 31.9 Å². The quantitative estimate of drug-likeness (QED) is 0.865. The number of rotatable bonds is 4. The summed E-state index contributed by atoms with van der Waals surface area (Å²) in [5.74, 6) is 1.08. The highest BCUT2D eigenvalue weighted by Gasteiger charge is 2.26. The number of hydrogen-bond donors (Lipinski definition) is 0. The van der Waals surface area contributed by atoms with Gasteiger partial charge in [-0.15, -0.1) is 0 Å². The van der Waals surface area contributed by atoms with Crippen LogP contribution in [0.5, 0.6) is 5.75 Å². The normalized spacial score (nSPS) is 14.4. The minimum absolute atomic E-state index is 0.0906. The zero-order valence-corrected chi connectivity index (χ0v) is 13.1. The van der Waals surface area contributed by atoms with Crippen LogP contribution in [0.4, 0.5) is 0 Å². The SMILES string of the molecule is Cc1onc(C(=O)N2CCCC2)c1COc1ccccc1Cl. The van der Waals surface area contributed by atoms with E-state index in [1.54, 1.807) is 24.0 Å². The summed E-state index contributed by atoms with van der Waals surface area (Å²) in [5, 5.41) is 4.45. The Morgan fingerprint density at radius 3 is 2.82 bits per heavy atom. The average molecular weight is 321 g/mol. The standard InChI is InChI=1S/C16H17ClN2O3/c1-11-12(10-21-14-7-3-2-6-13(14)17)15(18-22-11)16(20)19-8-4-5-9-19/h2-3,6-7H,4-5,8-10H2,1H3. The minimum Gasteiger partial charge on any atom is -0.487 e. The zero-order chi connectivity index (χ0) is 15.5. The molecule has 1 aromatic carbocycles. The molecule has 0 saturated carbocycles. The molecular formula is C16H17ClN2O3. The van der Waals surface area contributed by atoms with Crippen LogP contribution < -0.4 is 4.74 Å². The number of para-hydroxylation sites is 1. The Balaban J connectivity index is 1.77. The molecule has 1 aromatic heterocycles. The van der Waals surface area contributed by atoms with Crippen molar-refractivity contribution in [3.05, 3.63) is 46.3 Å². The molecule has 0 bridgehead atoms. The summed E-state index contributed by atoms with van der Waals surface area (Å²) in [5.41, 5.74) is 1.02. The molecule has 1 aliphatic heterocycles. The van der Waals surface area contributed by atoms with E-state index in [4.69, 9.17) is 20.9 Å². The van der Waals surface area contributed by atoms with E-state index < -0.39 is 0 Å². The Bertz CT molecular complexity index is 678. The minimum atomic E-state index is -0.0906. The molecule has 0 atom stereocenters. The van der Waals surface area contributed by atoms with E-state index in [0.29, 0.717) is 27.8 Å². The first kappa shape index (κ1) is 14.9. The van der Waals surface area contributed by atoms with E-state index in [9.17, 15) is 4.79 Å². The summed E-state index contributed by atoms with van der Waals surface area (Å²) in [6, 6.07) is 7.22. The third-order valence-electron chi connectivity index (χ3n) is 3.79. The van der Waals surface area contributed by atoms with E-state index in [0.717, 1.165) is 25.9 Å². The summed E-state index contributed by atoms with van der Waals surface area (Å²) in [6.07, 6.45) is 2.07. The Morgan fingerprint density at radius 1 is 1.36 bits per heavy atom. The van der Waals surface area contributed by atoms with Crippen molar-refractivity contribution in [2.45, 2.75) is 26.4 Å². The Hall–Kier alpha value is -2.01. The van der Waals surface area contributed by atoms with E-state index in [1.165, 1.54) is 0 Å². The lowest BCUT2D eigenvalue weighted by Gasteiger charge is -2.14. The second-order valence-corrected chi connectivity index (χ2v) is 5.69. The van der Waals surface area contributed by atoms with Crippen molar-refractivity contribution in [3.63, 3.8) is 0 Å². The van der Waals surface area contributed by atoms with Gasteiger partial charge in [0, 0.05) is 13.1 Å². The van der Waals surface area contributed by atoms with E-state index >= 15 is 0 Å². The number of aryl methyl sites for hydroxylation is 1. The number of ether oxygens (including phenoxy) is 1. The number of likely N-dealkylation sites (tertiary alicyclic amines) is 1. The molecule has 1 saturated heterocycles. The van der Waals surface area contributed by atoms with Gasteiger partial charge in [0.05, 0.1) is 10.6 Å². The van der Waals surface area contributed by atoms with Gasteiger partial charge in [-0.25, -0.2) is 0 Å². The van der Waals surface area contributed by atoms with Gasteiger partial charge < -0.3 is 14.2 Å². The lowest BCUT2D eigenvalue weighted by molar-refractivity contribution is 0.0780. The lowest BCUT2D eigenvalue weighted by atomic mass is 10.2. The molecule has 22 heavy (non-hydrogen) atoms. The topological polar surface area (TPSA) is 55.6 Å². The number of benzene rings is 1. The van der Waals surface area contributed by atoms with Gasteiger partial charge in [-0.3, -0.25) is 4.79 Å². The highest BCUT2D eigenvalue weighted by molar-refractivity contribution is 6.32. The molecule has 0 N–H and O–H groups in total. The first-order valence-corrected chi connectivity index (χ1v) is 7.66. The second kappa shape index (κ2) is 6.40. The third-order valence-corrected chi connectivity index (χ3v) is 4.10. The van der Waals surface area contributed by atoms with Crippen LogP contribution in [0, 0.1) is 6.92 Å². The van der Waals surface area contributed by atoms with Crippen molar-refractivity contribution in [1.82, 2.24) is 10.1 Å². The molecular weight excluding hydrogens is 304 g/mol. The smallest absolute Gasteiger partial charge is 0.276 e. The molecule has 1 fully saturated rings. The van der Waals surface area contributed by atoms with Crippen molar-refractivity contribution in [2.75, 3.05) is 13.1 Å². The number of nitrogens with zero attached hydrogens (tertiary/aromatic N) is 2. The van der Waals surface area contributed by atoms with Crippen molar-refractivity contribution in [3.8, 4) is 5.75 Å². The van der Waals surface area contributed by atoms with Crippen LogP contribution in [0.1, 0.15) is 34.7 Å². The van der Waals surface area contributed by atoms with Crippen molar-refractivity contribution in [1.29, 1.82) is 0 Å². The molecule has 6 heteroatoms. The largest absolute Gasteiger partial charge is 0.487 e. The van der Waals surface area contributed by atoms with Crippen molar-refractivity contribution < 1.29 is 14.1 Å². The molecule has 5 nitrogen and oxygen atoms in total. The summed E-state index contributed by atoms with van der Waals surface area (Å²) in [6.45, 7) is 3.53. The highest BCUT2D eigenvalue weighted by atomic mass is 35.5. The third kappa shape index (κ3) is 2.95. The molecule has 2 aromatic rings. The van der Waals surface area contributed by atoms with Crippen LogP contribution in [0.25, 0.3) is 0 Å². The van der Waals surface area contributed by atoms with Gasteiger partial charge in [-0.1, -0.05) is 28.9 Å². The van der Waals surface area contributed by atoms with E-state index in [-0.39, 0.29) is 12.5 Å². The number of aromatic nitrogens is 1. The van der Waals surface area contributed by atoms with Crippen LogP contribution in [-0.4, -0.2) is 29.1 Å². The van der Waals surface area contributed by atoms with Crippen LogP contribution in [0.3, 0.4) is 0 Å². The van der Waals surface area contributed by atoms with Gasteiger partial charge in [0.25, 0.3) is 5.91 Å². The maximum atomic E-state index is 12.5. The first-order chi connectivity index (χ1) is 10.7. The molecule has 1 amide bonds. The molecule has 0 unspecified atom stereocenters. The summed E-state index contributed by atoms with van der Waals surface area (Å²) >= 11 is 6.07. The molecule has 3 rings (SSSR count). The monoisotopic (exact) mass is 320 g/mol. The van der Waals surface area contributed by atoms with E-state index in [1.807, 2.05) is 12.1 Å². The maximum absolute atomic E-state index is 12.5. The lowest BCUT2D eigenvalue weighted by Crippen LogP contribution is -2.28. The fourth-order valence-electron chi connectivity index (χ4n) is 2.51. The fourth-order valence-corrected chi connectivity index (χ4v) is 2.70. The van der Waals surface area contributed by atoms with Crippen molar-refractivity contribution in [2.24, 2.45) is 0 Å². The average Bonchev–Trinajstić information content (AvgIpc) is 3.16. The number of hydrogen-bond acceptors (Lipinski definition) is 4. The molecule has 2 heterocycles. The molecule has 0 radical (unpaired) electrons. The molecule has 0 spiro atoms. The van der Waals surface area contributed by atoms with Gasteiger partial charge in [-0.2, -0.15) is 0 Å². The number of amides is 1. The van der Waals surface area contributed by atoms with Gasteiger partial charge in [0.15, 0.2) is 5.69 Å². The van der Waals surface area contributed by atoms with Crippen LogP contribution in [-0.2, 0) is 6.61 Å². The van der Waals surface area contributed by atoms with Crippen LogP contribution in [0.15, 0.2) is 28.8 Å². The Kier molecular flexibility index (Phi) is 4.34. The maximum Gasteiger partial charge on any atom is 0.276 e. The van der Waals surface area contributed by atoms with Gasteiger partial charge >= 0.3 is 0 Å². The Labute approximate surface area is 133 Å². The number of carbonyl (C=O) groups excluding carboxylic acids is 1. The van der Waals surface area contributed by atoms with Crippen LogP contribution in [0.2, 0.25) is 5.02 Å². The fraction of sp³-hybridized carbons (Fsp3) is 0.375. The van der Waals surface area contributed by atoms with E-state index in [2.05, 4.69) is 5.16 Å². The molecule has 1 aliphatic rings. The van der Waals surface area contributed by atoms with Crippen molar-refractivity contribution >= 4 is 17.5 Å². The second-order valence-electron chi connectivity index (χ2n) is 5.28. The molecule has 0 aliphatic carbocycles. The Morgan fingerprint density at radius 2 is 2.09 bits per heavy atom. The highest BCUT2D eigenvalue weighted by Crippen LogP contribution is 2.26.